The van der Waals surface area contributed by atoms with Crippen molar-refractivity contribution in [3.63, 3.8) is 0 Å². The number of carbonyl (C=O) groups excluding carboxylic acids is 2. The Morgan fingerprint density at radius 1 is 1.08 bits per heavy atom. The maximum atomic E-state index is 12.7. The molecule has 0 unspecified atom stereocenters. The molecule has 0 aliphatic carbocycles. The first kappa shape index (κ1) is 16.6. The minimum Gasteiger partial charge on any atom is -0.445 e. The zero-order valence-electron chi connectivity index (χ0n) is 14.0. The van der Waals surface area contributed by atoms with Crippen molar-refractivity contribution in [3.05, 3.63) is 60.2 Å². The molecule has 0 aliphatic heterocycles. The highest BCUT2D eigenvalue weighted by Crippen LogP contribution is 2.14. The summed E-state index contributed by atoms with van der Waals surface area (Å²) in [5, 5.41) is 10.4. The van der Waals surface area contributed by atoms with Gasteiger partial charge in [0.1, 0.15) is 17.7 Å². The predicted octanol–water partition coefficient (Wildman–Crippen LogP) is 2.78. The topological polar surface area (TPSA) is 86.1 Å². The summed E-state index contributed by atoms with van der Waals surface area (Å²) >= 11 is 0. The maximum Gasteiger partial charge on any atom is 0.408 e. The summed E-state index contributed by atoms with van der Waals surface area (Å²) in [6.07, 6.45) is -0.674. The van der Waals surface area contributed by atoms with E-state index >= 15 is 0 Å². The van der Waals surface area contributed by atoms with Crippen molar-refractivity contribution in [1.82, 2.24) is 20.3 Å². The highest BCUT2D eigenvalue weighted by Gasteiger charge is 2.33. The summed E-state index contributed by atoms with van der Waals surface area (Å²) in [5.41, 5.74) is 0.854. The summed E-state index contributed by atoms with van der Waals surface area (Å²) in [7, 11) is 0. The quantitative estimate of drug-likeness (QED) is 0.790. The Labute approximate surface area is 144 Å². The molecule has 2 aromatic carbocycles. The van der Waals surface area contributed by atoms with Crippen molar-refractivity contribution >= 4 is 23.0 Å². The van der Waals surface area contributed by atoms with Crippen molar-refractivity contribution in [3.8, 4) is 0 Å². The zero-order valence-corrected chi connectivity index (χ0v) is 14.0. The summed E-state index contributed by atoms with van der Waals surface area (Å²) in [6, 6.07) is 16.4. The lowest BCUT2D eigenvalue weighted by molar-refractivity contribution is 0.0749. The van der Waals surface area contributed by atoms with E-state index in [0.717, 1.165) is 5.56 Å². The molecule has 7 heteroatoms. The molecular weight excluding hydrogens is 320 g/mol. The van der Waals surface area contributed by atoms with E-state index in [9.17, 15) is 9.59 Å². The Balaban J connectivity index is 1.68. The normalized spacial score (nSPS) is 11.3. The number of ether oxygens (including phenoxy) is 1. The number of hydrogen-bond acceptors (Lipinski definition) is 5. The number of nitrogens with one attached hydrogen (secondary N) is 1. The van der Waals surface area contributed by atoms with Crippen LogP contribution in [0.5, 0.6) is 0 Å². The molecule has 0 atom stereocenters. The zero-order chi connectivity index (χ0) is 17.9. The highest BCUT2D eigenvalue weighted by molar-refractivity contribution is 5.95. The number of nitrogens with zero attached hydrogens (tertiary/aromatic N) is 3. The molecule has 0 aliphatic rings. The van der Waals surface area contributed by atoms with E-state index in [0.29, 0.717) is 11.0 Å². The Bertz CT molecular complexity index is 903. The smallest absolute Gasteiger partial charge is 0.408 e. The largest absolute Gasteiger partial charge is 0.445 e. The lowest BCUT2D eigenvalue weighted by Crippen LogP contribution is -2.52. The molecule has 7 nitrogen and oxygen atoms in total. The van der Waals surface area contributed by atoms with Gasteiger partial charge in [0.05, 0.1) is 5.52 Å². The van der Waals surface area contributed by atoms with Crippen LogP contribution in [-0.2, 0) is 11.3 Å². The Hall–Kier alpha value is -3.22. The van der Waals surface area contributed by atoms with Crippen LogP contribution in [0.1, 0.15) is 24.2 Å². The van der Waals surface area contributed by atoms with Crippen LogP contribution >= 0.6 is 0 Å². The number of aromatic nitrogens is 3. The number of amides is 1. The van der Waals surface area contributed by atoms with Crippen LogP contribution < -0.4 is 5.32 Å². The molecule has 0 radical (unpaired) electrons. The third-order valence-corrected chi connectivity index (χ3v) is 3.71. The number of alkyl carbamates (subject to hydrolysis) is 1. The highest BCUT2D eigenvalue weighted by atomic mass is 16.5. The van der Waals surface area contributed by atoms with Crippen LogP contribution in [-0.4, -0.2) is 32.5 Å². The minimum absolute atomic E-state index is 0.128. The molecule has 0 bridgehead atoms. The maximum absolute atomic E-state index is 12.7. The van der Waals surface area contributed by atoms with Gasteiger partial charge in [-0.1, -0.05) is 47.7 Å². The number of benzene rings is 2. The van der Waals surface area contributed by atoms with E-state index in [4.69, 9.17) is 4.74 Å². The molecule has 1 N–H and O–H groups in total. The van der Waals surface area contributed by atoms with Gasteiger partial charge < -0.3 is 10.1 Å². The van der Waals surface area contributed by atoms with Crippen molar-refractivity contribution in [2.75, 3.05) is 0 Å². The van der Waals surface area contributed by atoms with Crippen LogP contribution in [0.25, 0.3) is 11.0 Å². The molecule has 0 spiro atoms. The molecule has 0 saturated carbocycles. The van der Waals surface area contributed by atoms with E-state index in [-0.39, 0.29) is 6.61 Å². The van der Waals surface area contributed by atoms with Crippen molar-refractivity contribution in [2.45, 2.75) is 26.0 Å². The Morgan fingerprint density at radius 2 is 1.76 bits per heavy atom. The molecule has 0 fully saturated rings. The van der Waals surface area contributed by atoms with E-state index < -0.39 is 17.5 Å². The van der Waals surface area contributed by atoms with Crippen molar-refractivity contribution < 1.29 is 14.3 Å². The van der Waals surface area contributed by atoms with Crippen LogP contribution in [0.2, 0.25) is 0 Å². The van der Waals surface area contributed by atoms with E-state index in [1.165, 1.54) is 4.68 Å². The third kappa shape index (κ3) is 3.65. The Kier molecular flexibility index (Phi) is 4.47. The predicted molar refractivity (Wildman–Crippen MR) is 92.0 cm³/mol. The molecule has 0 saturated heterocycles. The molecular formula is C18H18N4O3. The van der Waals surface area contributed by atoms with E-state index in [1.54, 1.807) is 32.0 Å². The molecule has 3 rings (SSSR count). The van der Waals surface area contributed by atoms with Gasteiger partial charge in [0.25, 0.3) is 5.91 Å². The van der Waals surface area contributed by atoms with Gasteiger partial charge in [-0.05, 0) is 31.5 Å². The van der Waals surface area contributed by atoms with Gasteiger partial charge in [0.15, 0.2) is 0 Å². The lowest BCUT2D eigenvalue weighted by Gasteiger charge is -2.23. The van der Waals surface area contributed by atoms with Gasteiger partial charge in [-0.3, -0.25) is 4.79 Å². The van der Waals surface area contributed by atoms with Gasteiger partial charge in [-0.2, -0.15) is 4.68 Å². The van der Waals surface area contributed by atoms with Crippen LogP contribution in [0.4, 0.5) is 4.79 Å². The second kappa shape index (κ2) is 6.72. The first-order chi connectivity index (χ1) is 12.0. The average molecular weight is 338 g/mol. The lowest BCUT2D eigenvalue weighted by atomic mass is 10.1. The second-order valence-corrected chi connectivity index (χ2v) is 6.11. The SMILES string of the molecule is CC(C)(NC(=O)OCc1ccccc1)C(=O)n1nnc2ccccc21. The van der Waals surface area contributed by atoms with Gasteiger partial charge in [0.2, 0.25) is 0 Å². The van der Waals surface area contributed by atoms with Crippen molar-refractivity contribution in [1.29, 1.82) is 0 Å². The molecule has 1 amide bonds. The minimum atomic E-state index is -1.20. The van der Waals surface area contributed by atoms with E-state index in [1.807, 2.05) is 36.4 Å². The standard InChI is InChI=1S/C18H18N4O3/c1-18(2,19-17(24)25-12-13-8-4-3-5-9-13)16(23)22-15-11-7-6-10-14(15)20-21-22/h3-11H,12H2,1-2H3,(H,19,24). The van der Waals surface area contributed by atoms with Crippen LogP contribution in [0, 0.1) is 0 Å². The number of carbonyl (C=O) groups is 2. The summed E-state index contributed by atoms with van der Waals surface area (Å²) in [5.74, 6) is -0.405. The average Bonchev–Trinajstić information content (AvgIpc) is 3.04. The van der Waals surface area contributed by atoms with Gasteiger partial charge >= 0.3 is 6.09 Å². The first-order valence-electron chi connectivity index (χ1n) is 7.81. The summed E-state index contributed by atoms with van der Waals surface area (Å²) in [4.78, 5) is 24.8. The number of para-hydroxylation sites is 1. The fraction of sp³-hybridized carbons (Fsp3) is 0.222. The molecule has 1 aromatic heterocycles. The third-order valence-electron chi connectivity index (χ3n) is 3.71. The monoisotopic (exact) mass is 338 g/mol. The molecule has 25 heavy (non-hydrogen) atoms. The van der Waals surface area contributed by atoms with Gasteiger partial charge in [0, 0.05) is 0 Å². The summed E-state index contributed by atoms with van der Waals surface area (Å²) in [6.45, 7) is 3.31. The van der Waals surface area contributed by atoms with Crippen LogP contribution in [0.15, 0.2) is 54.6 Å². The first-order valence-corrected chi connectivity index (χ1v) is 7.81. The number of rotatable bonds is 4. The summed E-state index contributed by atoms with van der Waals surface area (Å²) < 4.78 is 6.36. The molecule has 1 heterocycles. The van der Waals surface area contributed by atoms with E-state index in [2.05, 4.69) is 15.6 Å². The fourth-order valence-electron chi connectivity index (χ4n) is 2.35. The number of fused-ring (bicyclic) bond motifs is 1. The van der Waals surface area contributed by atoms with Crippen LogP contribution in [0.3, 0.4) is 0 Å². The van der Waals surface area contributed by atoms with Gasteiger partial charge in [-0.25, -0.2) is 4.79 Å². The van der Waals surface area contributed by atoms with Gasteiger partial charge in [-0.15, -0.1) is 5.10 Å². The Morgan fingerprint density at radius 3 is 2.52 bits per heavy atom. The number of hydrogen-bond donors (Lipinski definition) is 1. The second-order valence-electron chi connectivity index (χ2n) is 6.11. The van der Waals surface area contributed by atoms with Crippen molar-refractivity contribution in [2.24, 2.45) is 0 Å². The fourth-order valence-corrected chi connectivity index (χ4v) is 2.35. The molecule has 3 aromatic rings. The molecule has 128 valence electrons.